The summed E-state index contributed by atoms with van der Waals surface area (Å²) in [6.45, 7) is 4.44. The molecule has 2 rings (SSSR count). The average Bonchev–Trinajstić information content (AvgIpc) is 2.46. The molecule has 1 aromatic carbocycles. The molecule has 1 aromatic rings. The molecule has 6 heteroatoms. The molecule has 0 bridgehead atoms. The second-order valence-corrected chi connectivity index (χ2v) is 5.75. The molecular weight excluding hydrogens is 339 g/mol. The summed E-state index contributed by atoms with van der Waals surface area (Å²) in [5.41, 5.74) is 1.51. The summed E-state index contributed by atoms with van der Waals surface area (Å²) < 4.78 is 14.7. The van der Waals surface area contributed by atoms with Gasteiger partial charge < -0.3 is 10.2 Å². The van der Waals surface area contributed by atoms with Gasteiger partial charge in [0.15, 0.2) is 0 Å². The third kappa shape index (κ3) is 3.91. The van der Waals surface area contributed by atoms with E-state index < -0.39 is 0 Å². The SMILES string of the molecule is C=CC(=O)NCCC(=O)N1CCc2cc(Br)cc(F)c2C1. The van der Waals surface area contributed by atoms with Gasteiger partial charge in [-0.3, -0.25) is 9.59 Å². The van der Waals surface area contributed by atoms with Gasteiger partial charge in [-0.1, -0.05) is 22.5 Å². The molecule has 112 valence electrons. The van der Waals surface area contributed by atoms with Gasteiger partial charge in [-0.25, -0.2) is 4.39 Å². The number of halogens is 2. The predicted molar refractivity (Wildman–Crippen MR) is 81.0 cm³/mol. The third-order valence-corrected chi connectivity index (χ3v) is 3.89. The van der Waals surface area contributed by atoms with E-state index in [0.717, 1.165) is 11.6 Å². The maximum atomic E-state index is 13.9. The first kappa shape index (κ1) is 15.7. The molecule has 1 N–H and O–H groups in total. The van der Waals surface area contributed by atoms with Crippen LogP contribution in [0.15, 0.2) is 29.3 Å². The van der Waals surface area contributed by atoms with Crippen LogP contribution in [0.4, 0.5) is 4.39 Å². The summed E-state index contributed by atoms with van der Waals surface area (Å²) in [4.78, 5) is 24.7. The summed E-state index contributed by atoms with van der Waals surface area (Å²) in [6.07, 6.45) is 2.00. The number of hydrogen-bond acceptors (Lipinski definition) is 2. The molecule has 0 saturated heterocycles. The third-order valence-electron chi connectivity index (χ3n) is 3.43. The highest BCUT2D eigenvalue weighted by molar-refractivity contribution is 9.10. The van der Waals surface area contributed by atoms with E-state index in [9.17, 15) is 14.0 Å². The quantitative estimate of drug-likeness (QED) is 0.842. The lowest BCUT2D eigenvalue weighted by atomic mass is 9.99. The molecule has 0 aromatic heterocycles. The monoisotopic (exact) mass is 354 g/mol. The zero-order valence-electron chi connectivity index (χ0n) is 11.5. The second-order valence-electron chi connectivity index (χ2n) is 4.84. The number of fused-ring (bicyclic) bond motifs is 1. The summed E-state index contributed by atoms with van der Waals surface area (Å²) in [7, 11) is 0. The Hall–Kier alpha value is -1.69. The number of carbonyl (C=O) groups excluding carboxylic acids is 2. The Kier molecular flexibility index (Phi) is 5.12. The lowest BCUT2D eigenvalue weighted by molar-refractivity contribution is -0.132. The van der Waals surface area contributed by atoms with Gasteiger partial charge in [0.2, 0.25) is 11.8 Å². The zero-order valence-corrected chi connectivity index (χ0v) is 13.1. The van der Waals surface area contributed by atoms with Crippen molar-refractivity contribution in [2.24, 2.45) is 0 Å². The Balaban J connectivity index is 1.96. The van der Waals surface area contributed by atoms with E-state index in [0.29, 0.717) is 23.0 Å². The number of rotatable bonds is 4. The van der Waals surface area contributed by atoms with E-state index in [1.165, 1.54) is 6.07 Å². The van der Waals surface area contributed by atoms with Crippen molar-refractivity contribution in [3.05, 3.63) is 46.2 Å². The standard InChI is InChI=1S/C15H16BrFN2O2/c1-2-14(20)18-5-3-15(21)19-6-4-10-7-11(16)8-13(17)12(10)9-19/h2,7-8H,1,3-6,9H2,(H,18,20). The molecule has 0 saturated carbocycles. The number of nitrogens with zero attached hydrogens (tertiary/aromatic N) is 1. The van der Waals surface area contributed by atoms with Crippen molar-refractivity contribution >= 4 is 27.7 Å². The van der Waals surface area contributed by atoms with Crippen molar-refractivity contribution in [2.45, 2.75) is 19.4 Å². The van der Waals surface area contributed by atoms with Crippen molar-refractivity contribution in [1.82, 2.24) is 10.2 Å². The van der Waals surface area contributed by atoms with Gasteiger partial charge in [-0.05, 0) is 30.2 Å². The minimum absolute atomic E-state index is 0.0904. The number of hydrogen-bond donors (Lipinski definition) is 1. The summed E-state index contributed by atoms with van der Waals surface area (Å²) in [5.74, 6) is -0.688. The molecule has 0 fully saturated rings. The van der Waals surface area contributed by atoms with Crippen molar-refractivity contribution in [3.63, 3.8) is 0 Å². The number of nitrogens with one attached hydrogen (secondary N) is 1. The van der Waals surface area contributed by atoms with E-state index in [-0.39, 0.29) is 37.1 Å². The number of benzene rings is 1. The minimum Gasteiger partial charge on any atom is -0.352 e. The molecule has 21 heavy (non-hydrogen) atoms. The normalized spacial score (nSPS) is 13.5. The van der Waals surface area contributed by atoms with E-state index in [1.807, 2.05) is 6.07 Å². The van der Waals surface area contributed by atoms with Crippen LogP contribution in [0.25, 0.3) is 0 Å². The number of carbonyl (C=O) groups is 2. The van der Waals surface area contributed by atoms with Gasteiger partial charge in [0, 0.05) is 36.1 Å². The Labute approximate surface area is 131 Å². The van der Waals surface area contributed by atoms with Crippen LogP contribution in [-0.4, -0.2) is 29.8 Å². The summed E-state index contributed by atoms with van der Waals surface area (Å²) in [6, 6.07) is 3.31. The van der Waals surface area contributed by atoms with Crippen molar-refractivity contribution in [1.29, 1.82) is 0 Å². The van der Waals surface area contributed by atoms with Gasteiger partial charge in [0.25, 0.3) is 0 Å². The van der Waals surface area contributed by atoms with Crippen LogP contribution in [0.5, 0.6) is 0 Å². The van der Waals surface area contributed by atoms with Crippen molar-refractivity contribution in [3.8, 4) is 0 Å². The first-order valence-corrected chi connectivity index (χ1v) is 7.45. The van der Waals surface area contributed by atoms with Crippen LogP contribution < -0.4 is 5.32 Å². The highest BCUT2D eigenvalue weighted by atomic mass is 79.9. The molecule has 0 unspecified atom stereocenters. The molecule has 2 amide bonds. The van der Waals surface area contributed by atoms with Gasteiger partial charge in [-0.2, -0.15) is 0 Å². The predicted octanol–water partition coefficient (Wildman–Crippen LogP) is 2.17. The van der Waals surface area contributed by atoms with E-state index in [1.54, 1.807) is 4.90 Å². The molecule has 0 atom stereocenters. The van der Waals surface area contributed by atoms with Crippen LogP contribution in [0.2, 0.25) is 0 Å². The van der Waals surface area contributed by atoms with Crippen molar-refractivity contribution in [2.75, 3.05) is 13.1 Å². The highest BCUT2D eigenvalue weighted by Crippen LogP contribution is 2.26. The van der Waals surface area contributed by atoms with Crippen molar-refractivity contribution < 1.29 is 14.0 Å². The fourth-order valence-electron chi connectivity index (χ4n) is 2.32. The molecule has 4 nitrogen and oxygen atoms in total. The maximum absolute atomic E-state index is 13.9. The lowest BCUT2D eigenvalue weighted by Gasteiger charge is -2.29. The molecule has 0 aliphatic carbocycles. The Morgan fingerprint density at radius 3 is 2.95 bits per heavy atom. The summed E-state index contributed by atoms with van der Waals surface area (Å²) >= 11 is 3.27. The Bertz CT molecular complexity index is 589. The summed E-state index contributed by atoms with van der Waals surface area (Å²) in [5, 5.41) is 2.56. The lowest BCUT2D eigenvalue weighted by Crippen LogP contribution is -2.38. The van der Waals surface area contributed by atoms with Crippen LogP contribution >= 0.6 is 15.9 Å². The fourth-order valence-corrected chi connectivity index (χ4v) is 2.80. The average molecular weight is 355 g/mol. The Morgan fingerprint density at radius 1 is 1.48 bits per heavy atom. The van der Waals surface area contributed by atoms with Crippen LogP contribution in [0.3, 0.4) is 0 Å². The first-order chi connectivity index (χ1) is 10.0. The second kappa shape index (κ2) is 6.85. The van der Waals surface area contributed by atoms with E-state index >= 15 is 0 Å². The molecule has 0 spiro atoms. The molecule has 1 aliphatic rings. The van der Waals surface area contributed by atoms with Crippen LogP contribution in [0.1, 0.15) is 17.5 Å². The molecule has 0 radical (unpaired) electrons. The molecule has 1 heterocycles. The van der Waals surface area contributed by atoms with Gasteiger partial charge in [0.05, 0.1) is 0 Å². The Morgan fingerprint density at radius 2 is 2.24 bits per heavy atom. The molecule has 1 aliphatic heterocycles. The van der Waals surface area contributed by atoms with Crippen LogP contribution in [-0.2, 0) is 22.6 Å². The number of amides is 2. The van der Waals surface area contributed by atoms with Gasteiger partial charge >= 0.3 is 0 Å². The van der Waals surface area contributed by atoms with Gasteiger partial charge in [-0.15, -0.1) is 0 Å². The van der Waals surface area contributed by atoms with E-state index in [4.69, 9.17) is 0 Å². The minimum atomic E-state index is -0.303. The van der Waals surface area contributed by atoms with E-state index in [2.05, 4.69) is 27.8 Å². The topological polar surface area (TPSA) is 49.4 Å². The molecular formula is C15H16BrFN2O2. The van der Waals surface area contributed by atoms with Gasteiger partial charge in [0.1, 0.15) is 5.82 Å². The first-order valence-electron chi connectivity index (χ1n) is 6.66. The highest BCUT2D eigenvalue weighted by Gasteiger charge is 2.23. The maximum Gasteiger partial charge on any atom is 0.243 e. The fraction of sp³-hybridized carbons (Fsp3) is 0.333. The largest absolute Gasteiger partial charge is 0.352 e. The zero-order chi connectivity index (χ0) is 15.4. The smallest absolute Gasteiger partial charge is 0.243 e. The van der Waals surface area contributed by atoms with Crippen LogP contribution in [0, 0.1) is 5.82 Å².